The van der Waals surface area contributed by atoms with Gasteiger partial charge in [-0.05, 0) is 43.2 Å². The molecule has 3 aromatic rings. The molecular weight excluding hydrogens is 358 g/mol. The van der Waals surface area contributed by atoms with Crippen molar-refractivity contribution in [2.45, 2.75) is 13.3 Å². The molecule has 0 aliphatic heterocycles. The van der Waals surface area contributed by atoms with E-state index in [2.05, 4.69) is 21.5 Å². The highest BCUT2D eigenvalue weighted by molar-refractivity contribution is 7.92. The number of pyridine rings is 1. The van der Waals surface area contributed by atoms with Crippen molar-refractivity contribution in [2.24, 2.45) is 0 Å². The summed E-state index contributed by atoms with van der Waals surface area (Å²) < 4.78 is 27.2. The van der Waals surface area contributed by atoms with E-state index in [1.165, 1.54) is 0 Å². The van der Waals surface area contributed by atoms with Crippen molar-refractivity contribution in [1.29, 1.82) is 0 Å². The van der Waals surface area contributed by atoms with Gasteiger partial charge in [-0.2, -0.15) is 0 Å². The Kier molecular flexibility index (Phi) is 6.08. The Hall–Kier alpha value is -2.86. The summed E-state index contributed by atoms with van der Waals surface area (Å²) in [5.74, 6) is 0.806. The molecule has 5 nitrogen and oxygen atoms in total. The van der Waals surface area contributed by atoms with Gasteiger partial charge in [0, 0.05) is 12.2 Å². The zero-order valence-corrected chi connectivity index (χ0v) is 16.1. The van der Waals surface area contributed by atoms with Gasteiger partial charge in [0.1, 0.15) is 5.82 Å². The standard InChI is InChI=1S/C21H23N3O2S/c1-2-24(20-11-7-4-8-12-20)21-14-13-19(17-22-21)23-27(25,26)16-15-18-9-5-3-6-10-18/h3-14,17,23H,2,15-16H2,1H3. The number of aryl methyl sites for hydroxylation is 1. The summed E-state index contributed by atoms with van der Waals surface area (Å²) in [7, 11) is -3.43. The summed E-state index contributed by atoms with van der Waals surface area (Å²) in [6.45, 7) is 2.81. The van der Waals surface area contributed by atoms with Crippen molar-refractivity contribution in [1.82, 2.24) is 4.98 Å². The summed E-state index contributed by atoms with van der Waals surface area (Å²) in [6, 6.07) is 23.1. The fourth-order valence-electron chi connectivity index (χ4n) is 2.82. The average Bonchev–Trinajstić information content (AvgIpc) is 2.70. The van der Waals surface area contributed by atoms with E-state index in [0.29, 0.717) is 12.1 Å². The van der Waals surface area contributed by atoms with E-state index in [-0.39, 0.29) is 5.75 Å². The van der Waals surface area contributed by atoms with E-state index in [0.717, 1.165) is 23.6 Å². The first-order chi connectivity index (χ1) is 13.1. The van der Waals surface area contributed by atoms with Crippen LogP contribution in [0, 0.1) is 0 Å². The molecule has 6 heteroatoms. The number of nitrogens with one attached hydrogen (secondary N) is 1. The summed E-state index contributed by atoms with van der Waals surface area (Å²) >= 11 is 0. The number of rotatable bonds is 8. The quantitative estimate of drug-likeness (QED) is 0.634. The van der Waals surface area contributed by atoms with Crippen LogP contribution in [0.3, 0.4) is 0 Å². The minimum Gasteiger partial charge on any atom is -0.327 e. The Morgan fingerprint density at radius 2 is 1.59 bits per heavy atom. The molecule has 3 rings (SSSR count). The van der Waals surface area contributed by atoms with Crippen molar-refractivity contribution in [3.63, 3.8) is 0 Å². The number of aromatic nitrogens is 1. The van der Waals surface area contributed by atoms with Gasteiger partial charge >= 0.3 is 0 Å². The van der Waals surface area contributed by atoms with E-state index in [1.807, 2.05) is 66.7 Å². The van der Waals surface area contributed by atoms with Crippen molar-refractivity contribution in [3.8, 4) is 0 Å². The van der Waals surface area contributed by atoms with Gasteiger partial charge in [-0.25, -0.2) is 13.4 Å². The lowest BCUT2D eigenvalue weighted by molar-refractivity contribution is 0.600. The van der Waals surface area contributed by atoms with Gasteiger partial charge in [0.15, 0.2) is 0 Å². The number of nitrogens with zero attached hydrogens (tertiary/aromatic N) is 2. The third-order valence-electron chi connectivity index (χ3n) is 4.18. The van der Waals surface area contributed by atoms with Gasteiger partial charge in [-0.15, -0.1) is 0 Å². The fourth-order valence-corrected chi connectivity index (χ4v) is 3.90. The van der Waals surface area contributed by atoms with Crippen LogP contribution >= 0.6 is 0 Å². The van der Waals surface area contributed by atoms with Gasteiger partial charge < -0.3 is 4.90 Å². The normalized spacial score (nSPS) is 11.1. The zero-order valence-electron chi connectivity index (χ0n) is 15.2. The Morgan fingerprint density at radius 1 is 0.926 bits per heavy atom. The van der Waals surface area contributed by atoms with Crippen LogP contribution in [0.4, 0.5) is 17.2 Å². The largest absolute Gasteiger partial charge is 0.327 e. The molecule has 1 heterocycles. The lowest BCUT2D eigenvalue weighted by Crippen LogP contribution is -2.19. The molecule has 27 heavy (non-hydrogen) atoms. The topological polar surface area (TPSA) is 62.3 Å². The van der Waals surface area contributed by atoms with Gasteiger partial charge in [0.05, 0.1) is 17.6 Å². The zero-order chi connectivity index (χ0) is 19.1. The highest BCUT2D eigenvalue weighted by Crippen LogP contribution is 2.24. The number of anilines is 3. The summed E-state index contributed by atoms with van der Waals surface area (Å²) in [5, 5.41) is 0. The van der Waals surface area contributed by atoms with E-state index in [1.54, 1.807) is 12.3 Å². The van der Waals surface area contributed by atoms with Crippen LogP contribution in [-0.4, -0.2) is 25.7 Å². The number of hydrogen-bond acceptors (Lipinski definition) is 4. The second kappa shape index (κ2) is 8.68. The van der Waals surface area contributed by atoms with E-state index >= 15 is 0 Å². The minimum atomic E-state index is -3.43. The molecule has 0 aliphatic rings. The maximum absolute atomic E-state index is 12.3. The van der Waals surface area contributed by atoms with Gasteiger partial charge in [0.2, 0.25) is 10.0 Å². The van der Waals surface area contributed by atoms with Crippen molar-refractivity contribution in [2.75, 3.05) is 21.9 Å². The monoisotopic (exact) mass is 381 g/mol. The Bertz CT molecular complexity index is 944. The fraction of sp³-hybridized carbons (Fsp3) is 0.190. The van der Waals surface area contributed by atoms with Crippen LogP contribution in [-0.2, 0) is 16.4 Å². The molecule has 1 aromatic heterocycles. The predicted octanol–water partition coefficient (Wildman–Crippen LogP) is 4.22. The number of benzene rings is 2. The molecule has 0 saturated carbocycles. The molecule has 140 valence electrons. The molecule has 0 aliphatic carbocycles. The molecule has 0 saturated heterocycles. The van der Waals surface area contributed by atoms with E-state index in [9.17, 15) is 8.42 Å². The minimum absolute atomic E-state index is 0.0316. The summed E-state index contributed by atoms with van der Waals surface area (Å²) in [6.07, 6.45) is 2.03. The van der Waals surface area contributed by atoms with E-state index in [4.69, 9.17) is 0 Å². The van der Waals surface area contributed by atoms with Crippen LogP contribution in [0.1, 0.15) is 12.5 Å². The van der Waals surface area contributed by atoms with Crippen molar-refractivity contribution < 1.29 is 8.42 Å². The number of sulfonamides is 1. The van der Waals surface area contributed by atoms with Crippen LogP contribution in [0.5, 0.6) is 0 Å². The average molecular weight is 382 g/mol. The van der Waals surface area contributed by atoms with Gasteiger partial charge in [-0.1, -0.05) is 48.5 Å². The smallest absolute Gasteiger partial charge is 0.233 e. The van der Waals surface area contributed by atoms with Crippen molar-refractivity contribution in [3.05, 3.63) is 84.6 Å². The number of hydrogen-bond donors (Lipinski definition) is 1. The molecule has 0 bridgehead atoms. The third-order valence-corrected chi connectivity index (χ3v) is 5.47. The Morgan fingerprint density at radius 3 is 2.19 bits per heavy atom. The molecule has 0 spiro atoms. The predicted molar refractivity (Wildman–Crippen MR) is 111 cm³/mol. The Labute approximate surface area is 160 Å². The summed E-state index contributed by atoms with van der Waals surface area (Å²) in [5.41, 5.74) is 2.51. The lowest BCUT2D eigenvalue weighted by atomic mass is 10.2. The first-order valence-corrected chi connectivity index (χ1v) is 10.6. The molecule has 1 N–H and O–H groups in total. The highest BCUT2D eigenvalue weighted by atomic mass is 32.2. The first kappa shape index (κ1) is 18.9. The lowest BCUT2D eigenvalue weighted by Gasteiger charge is -2.22. The molecule has 0 amide bonds. The molecule has 0 fully saturated rings. The van der Waals surface area contributed by atoms with Crippen LogP contribution in [0.25, 0.3) is 0 Å². The van der Waals surface area contributed by atoms with E-state index < -0.39 is 10.0 Å². The van der Waals surface area contributed by atoms with Gasteiger partial charge in [-0.3, -0.25) is 4.72 Å². The van der Waals surface area contributed by atoms with Crippen LogP contribution in [0.2, 0.25) is 0 Å². The Balaban J connectivity index is 1.66. The SMILES string of the molecule is CCN(c1ccccc1)c1ccc(NS(=O)(=O)CCc2ccccc2)cn1. The second-order valence-corrected chi connectivity index (χ2v) is 7.98. The number of para-hydroxylation sites is 1. The maximum Gasteiger partial charge on any atom is 0.233 e. The maximum atomic E-state index is 12.3. The molecule has 0 radical (unpaired) electrons. The van der Waals surface area contributed by atoms with Gasteiger partial charge in [0.25, 0.3) is 0 Å². The molecule has 0 unspecified atom stereocenters. The van der Waals surface area contributed by atoms with Crippen LogP contribution in [0.15, 0.2) is 79.0 Å². The van der Waals surface area contributed by atoms with Crippen LogP contribution < -0.4 is 9.62 Å². The first-order valence-electron chi connectivity index (χ1n) is 8.90. The summed E-state index contributed by atoms with van der Waals surface area (Å²) in [4.78, 5) is 6.49. The second-order valence-electron chi connectivity index (χ2n) is 6.14. The van der Waals surface area contributed by atoms with Crippen molar-refractivity contribution >= 4 is 27.2 Å². The molecule has 0 atom stereocenters. The highest BCUT2D eigenvalue weighted by Gasteiger charge is 2.12. The third kappa shape index (κ3) is 5.31. The molecular formula is C21H23N3O2S. The molecule has 2 aromatic carbocycles.